The smallest absolute Gasteiger partial charge is 0.259 e. The van der Waals surface area contributed by atoms with Gasteiger partial charge in [0.2, 0.25) is 5.88 Å². The number of pyridine rings is 2. The summed E-state index contributed by atoms with van der Waals surface area (Å²) in [6, 6.07) is 14.4. The van der Waals surface area contributed by atoms with Crippen LogP contribution in [0.4, 0.5) is 0 Å². The minimum absolute atomic E-state index is 0.0627. The highest BCUT2D eigenvalue weighted by Gasteiger charge is 2.35. The predicted octanol–water partition coefficient (Wildman–Crippen LogP) is 4.13. The summed E-state index contributed by atoms with van der Waals surface area (Å²) in [5.41, 5.74) is 8.02. The molecule has 1 atom stereocenters. The Labute approximate surface area is 182 Å². The quantitative estimate of drug-likeness (QED) is 0.663. The molecule has 0 spiro atoms. The third-order valence-electron chi connectivity index (χ3n) is 5.03. The Kier molecular flexibility index (Phi) is 5.25. The summed E-state index contributed by atoms with van der Waals surface area (Å²) in [4.78, 5) is 17.9. The maximum absolute atomic E-state index is 13.6. The fourth-order valence-corrected chi connectivity index (χ4v) is 4.01. The van der Waals surface area contributed by atoms with E-state index in [0.717, 1.165) is 5.69 Å². The molecule has 3 heterocycles. The van der Waals surface area contributed by atoms with Gasteiger partial charge in [-0.3, -0.25) is 9.78 Å². The van der Waals surface area contributed by atoms with Gasteiger partial charge < -0.3 is 15.0 Å². The number of benzene rings is 1. The van der Waals surface area contributed by atoms with E-state index in [-0.39, 0.29) is 34.1 Å². The van der Waals surface area contributed by atoms with Crippen LogP contribution < -0.4 is 16.0 Å². The third kappa shape index (κ3) is 3.32. The molecule has 0 amide bonds. The van der Waals surface area contributed by atoms with Crippen molar-refractivity contribution in [2.75, 3.05) is 0 Å². The normalized spacial score (nSPS) is 15.3. The summed E-state index contributed by atoms with van der Waals surface area (Å²) in [6.45, 7) is 2.07. The Morgan fingerprint density at radius 2 is 2.07 bits per heavy atom. The van der Waals surface area contributed by atoms with Crippen molar-refractivity contribution in [3.8, 4) is 11.8 Å². The number of halogens is 2. The second-order valence-electron chi connectivity index (χ2n) is 6.84. The molecule has 6 nitrogen and oxygen atoms in total. The largest absolute Gasteiger partial charge is 0.440 e. The molecule has 1 aromatic carbocycles. The first-order valence-corrected chi connectivity index (χ1v) is 9.83. The summed E-state index contributed by atoms with van der Waals surface area (Å²) in [5.74, 6) is -0.562. The van der Waals surface area contributed by atoms with Crippen LogP contribution in [-0.2, 0) is 6.54 Å². The van der Waals surface area contributed by atoms with Crippen molar-refractivity contribution in [3.05, 3.63) is 103 Å². The van der Waals surface area contributed by atoms with Crippen LogP contribution in [-0.4, -0.2) is 9.55 Å². The molecule has 3 aromatic rings. The molecule has 0 radical (unpaired) electrons. The molecule has 0 saturated heterocycles. The number of aromatic nitrogens is 2. The van der Waals surface area contributed by atoms with Gasteiger partial charge in [-0.15, -0.1) is 0 Å². The van der Waals surface area contributed by atoms with Gasteiger partial charge in [0.25, 0.3) is 5.56 Å². The topological polar surface area (TPSA) is 93.9 Å². The number of allylic oxidation sites excluding steroid dienone is 1. The van der Waals surface area contributed by atoms with Crippen molar-refractivity contribution in [1.29, 1.82) is 5.26 Å². The lowest BCUT2D eigenvalue weighted by Crippen LogP contribution is -2.33. The second-order valence-corrected chi connectivity index (χ2v) is 7.63. The van der Waals surface area contributed by atoms with E-state index in [1.54, 1.807) is 42.0 Å². The molecule has 4 rings (SSSR count). The first-order chi connectivity index (χ1) is 14.4. The summed E-state index contributed by atoms with van der Waals surface area (Å²) >= 11 is 12.7. The summed E-state index contributed by atoms with van der Waals surface area (Å²) in [5, 5.41) is 10.3. The fourth-order valence-electron chi connectivity index (χ4n) is 3.59. The highest BCUT2D eigenvalue weighted by molar-refractivity contribution is 6.42. The SMILES string of the molecule is Cc1cc2c(c(=O)n1Cc1ccccn1)[C@H](c1cccc(Cl)c1Cl)C(C#N)=C(N)O2. The van der Waals surface area contributed by atoms with E-state index in [1.807, 2.05) is 18.2 Å². The lowest BCUT2D eigenvalue weighted by molar-refractivity contribution is 0.389. The standard InChI is InChI=1S/C22H16Cl2N4O2/c1-12-9-17-19(22(29)28(12)11-13-5-2-3-8-27-13)18(15(10-25)21(26)30-17)14-6-4-7-16(23)20(14)24/h2-9,18H,11,26H2,1H3/t18-/m1/s1. The molecular formula is C22H16Cl2N4O2. The highest BCUT2D eigenvalue weighted by atomic mass is 35.5. The molecule has 0 fully saturated rings. The first-order valence-electron chi connectivity index (χ1n) is 9.08. The van der Waals surface area contributed by atoms with Crippen molar-refractivity contribution < 1.29 is 4.74 Å². The molecular weight excluding hydrogens is 423 g/mol. The molecule has 2 N–H and O–H groups in total. The molecule has 8 heteroatoms. The number of rotatable bonds is 3. The second kappa shape index (κ2) is 7.86. The van der Waals surface area contributed by atoms with E-state index >= 15 is 0 Å². The molecule has 2 aromatic heterocycles. The maximum Gasteiger partial charge on any atom is 0.259 e. The zero-order valence-electron chi connectivity index (χ0n) is 15.9. The van der Waals surface area contributed by atoms with Crippen LogP contribution in [0, 0.1) is 18.3 Å². The maximum atomic E-state index is 13.6. The van der Waals surface area contributed by atoms with Gasteiger partial charge in [-0.1, -0.05) is 41.4 Å². The number of nitrogens with two attached hydrogens (primary N) is 1. The Bertz CT molecular complexity index is 1280. The van der Waals surface area contributed by atoms with E-state index < -0.39 is 5.92 Å². The van der Waals surface area contributed by atoms with Gasteiger partial charge >= 0.3 is 0 Å². The van der Waals surface area contributed by atoms with Gasteiger partial charge in [0.1, 0.15) is 17.4 Å². The number of ether oxygens (including phenoxy) is 1. The van der Waals surface area contributed by atoms with Crippen LogP contribution in [0.25, 0.3) is 0 Å². The minimum Gasteiger partial charge on any atom is -0.440 e. The van der Waals surface area contributed by atoms with Crippen LogP contribution in [0.2, 0.25) is 10.0 Å². The van der Waals surface area contributed by atoms with Gasteiger partial charge in [0.05, 0.1) is 33.8 Å². The number of nitrogens with zero attached hydrogens (tertiary/aromatic N) is 3. The van der Waals surface area contributed by atoms with Crippen molar-refractivity contribution >= 4 is 23.2 Å². The Hall–Kier alpha value is -3.27. The molecule has 1 aliphatic rings. The molecule has 150 valence electrons. The highest BCUT2D eigenvalue weighted by Crippen LogP contribution is 2.44. The van der Waals surface area contributed by atoms with Crippen molar-refractivity contribution in [2.24, 2.45) is 5.73 Å². The zero-order chi connectivity index (χ0) is 21.4. The van der Waals surface area contributed by atoms with Crippen molar-refractivity contribution in [3.63, 3.8) is 0 Å². The van der Waals surface area contributed by atoms with Crippen molar-refractivity contribution in [2.45, 2.75) is 19.4 Å². The fraction of sp³-hybridized carbons (Fsp3) is 0.136. The van der Waals surface area contributed by atoms with Gasteiger partial charge in [-0.25, -0.2) is 0 Å². The summed E-state index contributed by atoms with van der Waals surface area (Å²) < 4.78 is 7.24. The van der Waals surface area contributed by atoms with Crippen LogP contribution in [0.15, 0.2) is 64.9 Å². The Morgan fingerprint density at radius 1 is 1.27 bits per heavy atom. The third-order valence-corrected chi connectivity index (χ3v) is 5.86. The molecule has 1 aliphatic heterocycles. The van der Waals surface area contributed by atoms with Crippen molar-refractivity contribution in [1.82, 2.24) is 9.55 Å². The van der Waals surface area contributed by atoms with E-state index in [9.17, 15) is 10.1 Å². The number of hydrogen-bond acceptors (Lipinski definition) is 5. The van der Waals surface area contributed by atoms with E-state index in [0.29, 0.717) is 22.0 Å². The number of hydrogen-bond donors (Lipinski definition) is 1. The van der Waals surface area contributed by atoms with Crippen LogP contribution in [0.1, 0.15) is 28.4 Å². The number of nitriles is 1. The zero-order valence-corrected chi connectivity index (χ0v) is 17.4. The average molecular weight is 439 g/mol. The van der Waals surface area contributed by atoms with E-state index in [2.05, 4.69) is 11.1 Å². The Balaban J connectivity index is 1.97. The van der Waals surface area contributed by atoms with E-state index in [1.165, 1.54) is 0 Å². The Morgan fingerprint density at radius 3 is 2.77 bits per heavy atom. The van der Waals surface area contributed by atoms with Gasteiger partial charge in [-0.05, 0) is 30.7 Å². The molecule has 30 heavy (non-hydrogen) atoms. The molecule has 0 bridgehead atoms. The monoisotopic (exact) mass is 438 g/mol. The lowest BCUT2D eigenvalue weighted by atomic mass is 9.84. The lowest BCUT2D eigenvalue weighted by Gasteiger charge is -2.28. The molecule has 0 saturated carbocycles. The first kappa shape index (κ1) is 20.0. The predicted molar refractivity (Wildman–Crippen MR) is 115 cm³/mol. The minimum atomic E-state index is -0.798. The molecule has 0 unspecified atom stereocenters. The van der Waals surface area contributed by atoms with Gasteiger partial charge in [0.15, 0.2) is 0 Å². The van der Waals surface area contributed by atoms with Gasteiger partial charge in [0, 0.05) is 18.0 Å². The number of fused-ring (bicyclic) bond motifs is 1. The molecule has 0 aliphatic carbocycles. The van der Waals surface area contributed by atoms with Crippen LogP contribution in [0.5, 0.6) is 5.75 Å². The van der Waals surface area contributed by atoms with Gasteiger partial charge in [-0.2, -0.15) is 5.26 Å². The average Bonchev–Trinajstić information content (AvgIpc) is 2.73. The number of aryl methyl sites for hydroxylation is 1. The summed E-state index contributed by atoms with van der Waals surface area (Å²) in [7, 11) is 0. The summed E-state index contributed by atoms with van der Waals surface area (Å²) in [6.07, 6.45) is 1.67. The van der Waals surface area contributed by atoms with E-state index in [4.69, 9.17) is 33.7 Å². The van der Waals surface area contributed by atoms with Crippen LogP contribution >= 0.6 is 23.2 Å². The van der Waals surface area contributed by atoms with Crippen LogP contribution in [0.3, 0.4) is 0 Å².